The summed E-state index contributed by atoms with van der Waals surface area (Å²) in [5.74, 6) is -0.437. The number of carboxylic acids is 1. The number of urea groups is 1. The number of amides is 2. The minimum absolute atomic E-state index is 0.0642. The quantitative estimate of drug-likeness (QED) is 0.815. The van der Waals surface area contributed by atoms with Gasteiger partial charge in [0.15, 0.2) is 0 Å². The molecule has 0 atom stereocenters. The highest BCUT2D eigenvalue weighted by Gasteiger charge is 2.28. The van der Waals surface area contributed by atoms with Gasteiger partial charge in [0.25, 0.3) is 0 Å². The van der Waals surface area contributed by atoms with E-state index in [1.165, 1.54) is 0 Å². The van der Waals surface area contributed by atoms with Gasteiger partial charge in [-0.2, -0.15) is 0 Å². The standard InChI is InChI=1S/C15H28N2O3/c1-11(2)9-15(3,4)10-16-14(20)17-7-5-12(6-8-17)13(18)19/h11-12H,5-10H2,1-4H3,(H,16,20)(H,18,19). The smallest absolute Gasteiger partial charge is 0.317 e. The van der Waals surface area contributed by atoms with E-state index in [2.05, 4.69) is 33.0 Å². The molecule has 20 heavy (non-hydrogen) atoms. The summed E-state index contributed by atoms with van der Waals surface area (Å²) >= 11 is 0. The van der Waals surface area contributed by atoms with Crippen LogP contribution in [0.3, 0.4) is 0 Å². The van der Waals surface area contributed by atoms with E-state index in [0.29, 0.717) is 38.4 Å². The molecule has 1 heterocycles. The summed E-state index contributed by atoms with van der Waals surface area (Å²) in [4.78, 5) is 24.7. The Bertz CT molecular complexity index is 345. The summed E-state index contributed by atoms with van der Waals surface area (Å²) in [5, 5.41) is 11.9. The van der Waals surface area contributed by atoms with Crippen LogP contribution in [0.25, 0.3) is 0 Å². The summed E-state index contributed by atoms with van der Waals surface area (Å²) in [5.41, 5.74) is 0.0865. The normalized spacial score (nSPS) is 17.4. The average molecular weight is 284 g/mol. The summed E-state index contributed by atoms with van der Waals surface area (Å²) in [6.45, 7) is 10.4. The van der Waals surface area contributed by atoms with Gasteiger partial charge in [-0.15, -0.1) is 0 Å². The van der Waals surface area contributed by atoms with Gasteiger partial charge in [0.2, 0.25) is 0 Å². The van der Waals surface area contributed by atoms with Gasteiger partial charge in [-0.05, 0) is 30.6 Å². The molecular formula is C15H28N2O3. The highest BCUT2D eigenvalue weighted by molar-refractivity contribution is 5.75. The van der Waals surface area contributed by atoms with E-state index in [1.807, 2.05) is 0 Å². The fourth-order valence-electron chi connectivity index (χ4n) is 2.93. The van der Waals surface area contributed by atoms with Gasteiger partial charge in [-0.25, -0.2) is 4.79 Å². The van der Waals surface area contributed by atoms with Crippen molar-refractivity contribution in [2.24, 2.45) is 17.3 Å². The molecule has 5 nitrogen and oxygen atoms in total. The third kappa shape index (κ3) is 5.39. The zero-order valence-electron chi connectivity index (χ0n) is 13.1. The molecular weight excluding hydrogens is 256 g/mol. The Labute approximate surface area is 121 Å². The summed E-state index contributed by atoms with van der Waals surface area (Å²) in [7, 11) is 0. The first-order chi connectivity index (χ1) is 9.21. The number of carbonyl (C=O) groups excluding carboxylic acids is 1. The summed E-state index contributed by atoms with van der Waals surface area (Å²) in [6, 6.07) is -0.0642. The number of hydrogen-bond donors (Lipinski definition) is 2. The maximum Gasteiger partial charge on any atom is 0.317 e. The predicted octanol–water partition coefficient (Wildman–Crippen LogP) is 2.56. The van der Waals surface area contributed by atoms with Crippen molar-refractivity contribution in [2.75, 3.05) is 19.6 Å². The maximum absolute atomic E-state index is 12.1. The molecule has 0 spiro atoms. The topological polar surface area (TPSA) is 69.6 Å². The Balaban J connectivity index is 2.35. The van der Waals surface area contributed by atoms with E-state index in [4.69, 9.17) is 5.11 Å². The molecule has 0 bridgehead atoms. The Hall–Kier alpha value is -1.26. The van der Waals surface area contributed by atoms with Gasteiger partial charge in [0.05, 0.1) is 5.92 Å². The minimum Gasteiger partial charge on any atom is -0.481 e. The Morgan fingerprint density at radius 3 is 2.30 bits per heavy atom. The first-order valence-electron chi connectivity index (χ1n) is 7.47. The Morgan fingerprint density at radius 2 is 1.85 bits per heavy atom. The lowest BCUT2D eigenvalue weighted by molar-refractivity contribution is -0.143. The second-order valence-corrected chi connectivity index (χ2v) is 7.02. The number of carbonyl (C=O) groups is 2. The van der Waals surface area contributed by atoms with Crippen molar-refractivity contribution in [3.05, 3.63) is 0 Å². The van der Waals surface area contributed by atoms with E-state index >= 15 is 0 Å². The molecule has 0 radical (unpaired) electrons. The molecule has 0 saturated carbocycles. The first-order valence-corrected chi connectivity index (χ1v) is 7.47. The predicted molar refractivity (Wildman–Crippen MR) is 78.6 cm³/mol. The van der Waals surface area contributed by atoms with Crippen LogP contribution in [0.15, 0.2) is 0 Å². The number of likely N-dealkylation sites (tertiary alicyclic amines) is 1. The van der Waals surface area contributed by atoms with Crippen LogP contribution in [0.4, 0.5) is 4.79 Å². The molecule has 116 valence electrons. The van der Waals surface area contributed by atoms with Crippen molar-refractivity contribution >= 4 is 12.0 Å². The highest BCUT2D eigenvalue weighted by Crippen LogP contribution is 2.24. The van der Waals surface area contributed by atoms with Crippen LogP contribution in [0.5, 0.6) is 0 Å². The molecule has 0 aromatic rings. The van der Waals surface area contributed by atoms with Crippen LogP contribution in [-0.4, -0.2) is 41.6 Å². The van der Waals surface area contributed by atoms with Crippen LogP contribution in [-0.2, 0) is 4.79 Å². The number of aliphatic carboxylic acids is 1. The van der Waals surface area contributed by atoms with E-state index in [9.17, 15) is 9.59 Å². The van der Waals surface area contributed by atoms with Crippen molar-refractivity contribution in [1.82, 2.24) is 10.2 Å². The number of rotatable bonds is 5. The minimum atomic E-state index is -0.747. The van der Waals surface area contributed by atoms with Gasteiger partial charge in [-0.3, -0.25) is 4.79 Å². The van der Waals surface area contributed by atoms with Crippen LogP contribution in [0.1, 0.15) is 47.0 Å². The van der Waals surface area contributed by atoms with E-state index in [0.717, 1.165) is 6.42 Å². The molecule has 1 rings (SSSR count). The molecule has 5 heteroatoms. The van der Waals surface area contributed by atoms with Crippen LogP contribution in [0, 0.1) is 17.3 Å². The number of carboxylic acid groups (broad SMARTS) is 1. The number of nitrogens with zero attached hydrogens (tertiary/aromatic N) is 1. The third-order valence-corrected chi connectivity index (χ3v) is 3.81. The Morgan fingerprint density at radius 1 is 1.30 bits per heavy atom. The van der Waals surface area contributed by atoms with Crippen molar-refractivity contribution in [2.45, 2.75) is 47.0 Å². The number of hydrogen-bond acceptors (Lipinski definition) is 2. The molecule has 0 aromatic heterocycles. The molecule has 0 aliphatic carbocycles. The van der Waals surface area contributed by atoms with Gasteiger partial charge in [0.1, 0.15) is 0 Å². The van der Waals surface area contributed by atoms with E-state index in [1.54, 1.807) is 4.90 Å². The summed E-state index contributed by atoms with van der Waals surface area (Å²) in [6.07, 6.45) is 2.17. The zero-order valence-corrected chi connectivity index (χ0v) is 13.1. The molecule has 0 unspecified atom stereocenters. The third-order valence-electron chi connectivity index (χ3n) is 3.81. The van der Waals surface area contributed by atoms with Gasteiger partial charge in [0, 0.05) is 19.6 Å². The van der Waals surface area contributed by atoms with Gasteiger partial charge in [-0.1, -0.05) is 27.7 Å². The largest absolute Gasteiger partial charge is 0.481 e. The molecule has 1 aliphatic heterocycles. The SMILES string of the molecule is CC(C)CC(C)(C)CNC(=O)N1CCC(C(=O)O)CC1. The van der Waals surface area contributed by atoms with Crippen LogP contribution in [0.2, 0.25) is 0 Å². The van der Waals surface area contributed by atoms with Crippen molar-refractivity contribution in [3.8, 4) is 0 Å². The number of nitrogens with one attached hydrogen (secondary N) is 1. The van der Waals surface area contributed by atoms with Crippen LogP contribution < -0.4 is 5.32 Å². The van der Waals surface area contributed by atoms with Gasteiger partial charge < -0.3 is 15.3 Å². The number of piperidine rings is 1. The molecule has 1 saturated heterocycles. The lowest BCUT2D eigenvalue weighted by Crippen LogP contribution is -2.47. The molecule has 1 aliphatic rings. The Kier molecular flexibility index (Phi) is 5.84. The van der Waals surface area contributed by atoms with Crippen molar-refractivity contribution in [3.63, 3.8) is 0 Å². The fourth-order valence-corrected chi connectivity index (χ4v) is 2.93. The maximum atomic E-state index is 12.1. The molecule has 0 aromatic carbocycles. The fraction of sp³-hybridized carbons (Fsp3) is 0.867. The molecule has 2 amide bonds. The van der Waals surface area contributed by atoms with Crippen LogP contribution >= 0.6 is 0 Å². The molecule has 2 N–H and O–H groups in total. The lowest BCUT2D eigenvalue weighted by Gasteiger charge is -2.32. The average Bonchev–Trinajstić information content (AvgIpc) is 2.34. The van der Waals surface area contributed by atoms with E-state index < -0.39 is 5.97 Å². The van der Waals surface area contributed by atoms with Crippen molar-refractivity contribution in [1.29, 1.82) is 0 Å². The monoisotopic (exact) mass is 284 g/mol. The lowest BCUT2D eigenvalue weighted by atomic mass is 9.84. The zero-order chi connectivity index (χ0) is 15.3. The highest BCUT2D eigenvalue weighted by atomic mass is 16.4. The van der Waals surface area contributed by atoms with Crippen molar-refractivity contribution < 1.29 is 14.7 Å². The first kappa shape index (κ1) is 16.8. The second kappa shape index (κ2) is 6.95. The summed E-state index contributed by atoms with van der Waals surface area (Å²) < 4.78 is 0. The van der Waals surface area contributed by atoms with E-state index in [-0.39, 0.29) is 17.4 Å². The molecule has 1 fully saturated rings. The van der Waals surface area contributed by atoms with Gasteiger partial charge >= 0.3 is 12.0 Å². The second-order valence-electron chi connectivity index (χ2n) is 7.02.